The predicted molar refractivity (Wildman–Crippen MR) is 40.2 cm³/mol. The molecule has 0 saturated carbocycles. The van der Waals surface area contributed by atoms with Gasteiger partial charge in [0.05, 0.1) is 17.9 Å². The number of nitriles is 1. The first kappa shape index (κ1) is 7.80. The van der Waals surface area contributed by atoms with Crippen LogP contribution in [0.3, 0.4) is 0 Å². The standard InChI is InChI=1S/C8H10N2O/c9-5-6-3-1-2-4-7(6)8(10)11/h1-2,6-7H,3-4H2,(H2,10,11)/t6-,7-/m1/s1. The van der Waals surface area contributed by atoms with Crippen molar-refractivity contribution < 1.29 is 4.79 Å². The van der Waals surface area contributed by atoms with Crippen LogP contribution >= 0.6 is 0 Å². The predicted octanol–water partition coefficient (Wildman–Crippen LogP) is 0.578. The van der Waals surface area contributed by atoms with Crippen LogP contribution in [0.4, 0.5) is 0 Å². The van der Waals surface area contributed by atoms with Crippen LogP contribution in [0.1, 0.15) is 12.8 Å². The molecule has 0 fully saturated rings. The molecule has 3 heteroatoms. The van der Waals surface area contributed by atoms with E-state index in [-0.39, 0.29) is 17.7 Å². The fourth-order valence-electron chi connectivity index (χ4n) is 1.27. The van der Waals surface area contributed by atoms with Crippen molar-refractivity contribution in [1.29, 1.82) is 5.26 Å². The summed E-state index contributed by atoms with van der Waals surface area (Å²) in [5, 5.41) is 8.62. The molecule has 0 bridgehead atoms. The van der Waals surface area contributed by atoms with Gasteiger partial charge in [-0.15, -0.1) is 0 Å². The zero-order valence-corrected chi connectivity index (χ0v) is 6.16. The molecule has 0 radical (unpaired) electrons. The van der Waals surface area contributed by atoms with Crippen LogP contribution in [0.5, 0.6) is 0 Å². The molecule has 0 saturated heterocycles. The van der Waals surface area contributed by atoms with E-state index in [2.05, 4.69) is 6.07 Å². The highest BCUT2D eigenvalue weighted by Gasteiger charge is 2.26. The van der Waals surface area contributed by atoms with E-state index in [4.69, 9.17) is 11.0 Å². The average molecular weight is 150 g/mol. The highest BCUT2D eigenvalue weighted by molar-refractivity contribution is 5.77. The Bertz CT molecular complexity index is 227. The number of primary amides is 1. The van der Waals surface area contributed by atoms with E-state index in [0.717, 1.165) is 0 Å². The minimum atomic E-state index is -0.360. The molecule has 1 amide bonds. The molecule has 2 atom stereocenters. The van der Waals surface area contributed by atoms with E-state index in [1.807, 2.05) is 12.2 Å². The van der Waals surface area contributed by atoms with Crippen molar-refractivity contribution >= 4 is 5.91 Å². The molecule has 0 aromatic heterocycles. The molecule has 0 spiro atoms. The van der Waals surface area contributed by atoms with Crippen LogP contribution in [0.15, 0.2) is 12.2 Å². The summed E-state index contributed by atoms with van der Waals surface area (Å²) in [6.07, 6.45) is 5.11. The van der Waals surface area contributed by atoms with Crippen LogP contribution in [0, 0.1) is 23.2 Å². The van der Waals surface area contributed by atoms with Crippen molar-refractivity contribution in [3.63, 3.8) is 0 Å². The first-order valence-corrected chi connectivity index (χ1v) is 3.59. The summed E-state index contributed by atoms with van der Waals surface area (Å²) >= 11 is 0. The maximum absolute atomic E-state index is 10.8. The van der Waals surface area contributed by atoms with Crippen molar-refractivity contribution in [3.05, 3.63) is 12.2 Å². The summed E-state index contributed by atoms with van der Waals surface area (Å²) in [6, 6.07) is 2.08. The topological polar surface area (TPSA) is 66.9 Å². The Balaban J connectivity index is 2.71. The quantitative estimate of drug-likeness (QED) is 0.555. The molecule has 1 rings (SSSR count). The monoisotopic (exact) mass is 150 g/mol. The van der Waals surface area contributed by atoms with Crippen molar-refractivity contribution in [2.75, 3.05) is 0 Å². The SMILES string of the molecule is N#C[C@H]1CC=CC[C@H]1C(N)=O. The molecule has 1 aliphatic carbocycles. The largest absolute Gasteiger partial charge is 0.369 e. The van der Waals surface area contributed by atoms with Crippen molar-refractivity contribution in [3.8, 4) is 6.07 Å². The lowest BCUT2D eigenvalue weighted by atomic mass is 9.84. The number of hydrogen-bond acceptors (Lipinski definition) is 2. The number of rotatable bonds is 1. The summed E-state index contributed by atoms with van der Waals surface area (Å²) in [7, 11) is 0. The number of nitrogens with two attached hydrogens (primary N) is 1. The molecule has 0 heterocycles. The second kappa shape index (κ2) is 3.20. The molecule has 1 aliphatic rings. The lowest BCUT2D eigenvalue weighted by molar-refractivity contribution is -0.122. The van der Waals surface area contributed by atoms with E-state index in [9.17, 15) is 4.79 Å². The zero-order valence-electron chi connectivity index (χ0n) is 6.16. The van der Waals surface area contributed by atoms with Gasteiger partial charge in [0.25, 0.3) is 0 Å². The lowest BCUT2D eigenvalue weighted by Crippen LogP contribution is -2.30. The van der Waals surface area contributed by atoms with Gasteiger partial charge in [-0.1, -0.05) is 12.2 Å². The minimum absolute atomic E-state index is 0.211. The summed E-state index contributed by atoms with van der Waals surface area (Å²) in [5.41, 5.74) is 5.11. The molecule has 0 unspecified atom stereocenters. The van der Waals surface area contributed by atoms with Crippen LogP contribution in [-0.4, -0.2) is 5.91 Å². The van der Waals surface area contributed by atoms with Gasteiger partial charge in [-0.25, -0.2) is 0 Å². The Kier molecular flexibility index (Phi) is 2.27. The number of carbonyl (C=O) groups is 1. The number of amides is 1. The van der Waals surface area contributed by atoms with Crippen molar-refractivity contribution in [2.24, 2.45) is 17.6 Å². The number of carbonyl (C=O) groups excluding carboxylic acids is 1. The molecule has 2 N–H and O–H groups in total. The van der Waals surface area contributed by atoms with Crippen molar-refractivity contribution in [1.82, 2.24) is 0 Å². The van der Waals surface area contributed by atoms with Crippen LogP contribution in [0.25, 0.3) is 0 Å². The average Bonchev–Trinajstić information content (AvgIpc) is 2.04. The van der Waals surface area contributed by atoms with Gasteiger partial charge in [0.2, 0.25) is 5.91 Å². The summed E-state index contributed by atoms with van der Waals surface area (Å²) in [4.78, 5) is 10.8. The molecular formula is C8H10N2O. The second-order valence-corrected chi connectivity index (χ2v) is 2.69. The first-order chi connectivity index (χ1) is 5.25. The number of allylic oxidation sites excluding steroid dienone is 2. The van der Waals surface area contributed by atoms with E-state index >= 15 is 0 Å². The van der Waals surface area contributed by atoms with Gasteiger partial charge < -0.3 is 5.73 Å². The van der Waals surface area contributed by atoms with Gasteiger partial charge in [-0.3, -0.25) is 4.79 Å². The van der Waals surface area contributed by atoms with Crippen LogP contribution in [-0.2, 0) is 4.79 Å². The summed E-state index contributed by atoms with van der Waals surface area (Å²) in [6.45, 7) is 0. The van der Waals surface area contributed by atoms with E-state index in [1.165, 1.54) is 0 Å². The molecular weight excluding hydrogens is 140 g/mol. The highest BCUT2D eigenvalue weighted by atomic mass is 16.1. The fourth-order valence-corrected chi connectivity index (χ4v) is 1.27. The number of nitrogens with zero attached hydrogens (tertiary/aromatic N) is 1. The fraction of sp³-hybridized carbons (Fsp3) is 0.500. The van der Waals surface area contributed by atoms with Gasteiger partial charge in [0.15, 0.2) is 0 Å². The first-order valence-electron chi connectivity index (χ1n) is 3.59. The minimum Gasteiger partial charge on any atom is -0.369 e. The second-order valence-electron chi connectivity index (χ2n) is 2.69. The van der Waals surface area contributed by atoms with Gasteiger partial charge in [-0.2, -0.15) is 5.26 Å². The van der Waals surface area contributed by atoms with Gasteiger partial charge in [-0.05, 0) is 12.8 Å². The third-order valence-electron chi connectivity index (χ3n) is 1.96. The van der Waals surface area contributed by atoms with Crippen molar-refractivity contribution in [2.45, 2.75) is 12.8 Å². The summed E-state index contributed by atoms with van der Waals surface area (Å²) in [5.74, 6) is -0.844. The van der Waals surface area contributed by atoms with E-state index < -0.39 is 0 Å². The Labute approximate surface area is 65.5 Å². The maximum Gasteiger partial charge on any atom is 0.222 e. The smallest absolute Gasteiger partial charge is 0.222 e. The summed E-state index contributed by atoms with van der Waals surface area (Å²) < 4.78 is 0. The maximum atomic E-state index is 10.8. The Hall–Kier alpha value is -1.30. The third-order valence-corrected chi connectivity index (χ3v) is 1.96. The van der Waals surface area contributed by atoms with Gasteiger partial charge >= 0.3 is 0 Å². The Morgan fingerprint density at radius 1 is 1.55 bits per heavy atom. The van der Waals surface area contributed by atoms with E-state index in [1.54, 1.807) is 0 Å². The van der Waals surface area contributed by atoms with Crippen LogP contribution in [0.2, 0.25) is 0 Å². The van der Waals surface area contributed by atoms with Gasteiger partial charge in [0.1, 0.15) is 0 Å². The van der Waals surface area contributed by atoms with Gasteiger partial charge in [0, 0.05) is 0 Å². The highest BCUT2D eigenvalue weighted by Crippen LogP contribution is 2.24. The molecule has 11 heavy (non-hydrogen) atoms. The number of hydrogen-bond donors (Lipinski definition) is 1. The molecule has 0 aromatic rings. The normalized spacial score (nSPS) is 29.4. The molecule has 0 aromatic carbocycles. The molecule has 0 aliphatic heterocycles. The molecule has 3 nitrogen and oxygen atoms in total. The van der Waals surface area contributed by atoms with E-state index in [0.29, 0.717) is 12.8 Å². The molecule has 58 valence electrons. The third kappa shape index (κ3) is 1.58. The Morgan fingerprint density at radius 2 is 2.18 bits per heavy atom. The lowest BCUT2D eigenvalue weighted by Gasteiger charge is -2.19. The zero-order chi connectivity index (χ0) is 8.27. The van der Waals surface area contributed by atoms with Crippen LogP contribution < -0.4 is 5.73 Å². The Morgan fingerprint density at radius 3 is 2.64 bits per heavy atom.